The lowest BCUT2D eigenvalue weighted by Crippen LogP contribution is -1.98. The highest BCUT2D eigenvalue weighted by Gasteiger charge is 2.02. The summed E-state index contributed by atoms with van der Waals surface area (Å²) in [4.78, 5) is 10.8. The minimum atomic E-state index is -0.683. The number of carbonyl (C=O) groups is 1. The molecule has 0 aliphatic carbocycles. The third-order valence-corrected chi connectivity index (χ3v) is 3.46. The zero-order valence-corrected chi connectivity index (χ0v) is 11.4. The van der Waals surface area contributed by atoms with Crippen molar-refractivity contribution in [1.82, 2.24) is 0 Å². The quantitative estimate of drug-likeness (QED) is 0.485. The molecule has 0 amide bonds. The topological polar surface area (TPSA) is 37.3 Å². The smallest absolute Gasteiger partial charge is 0.303 e. The number of halogens is 2. The predicted octanol–water partition coefficient (Wildman–Crippen LogP) is 4.19. The van der Waals surface area contributed by atoms with Crippen LogP contribution in [-0.2, 0) is 4.79 Å². The molecule has 0 bridgehead atoms. The highest BCUT2D eigenvalue weighted by molar-refractivity contribution is 9.09. The molecule has 1 N–H and O–H groups in total. The van der Waals surface area contributed by atoms with Crippen LogP contribution in [0.4, 0.5) is 0 Å². The fourth-order valence-corrected chi connectivity index (χ4v) is 2.51. The van der Waals surface area contributed by atoms with Gasteiger partial charge in [-0.3, -0.25) is 4.79 Å². The molecular formula is C11H20BrClO2. The first-order valence-electron chi connectivity index (χ1n) is 5.58. The van der Waals surface area contributed by atoms with Crippen molar-refractivity contribution in [3.63, 3.8) is 0 Å². The molecule has 4 heteroatoms. The van der Waals surface area contributed by atoms with Crippen molar-refractivity contribution in [3.8, 4) is 0 Å². The second-order valence-electron chi connectivity index (χ2n) is 3.78. The van der Waals surface area contributed by atoms with Gasteiger partial charge in [0.1, 0.15) is 0 Å². The Labute approximate surface area is 106 Å². The normalized spacial score (nSPS) is 12.7. The molecule has 0 spiro atoms. The van der Waals surface area contributed by atoms with Crippen LogP contribution >= 0.6 is 27.5 Å². The number of unbranched alkanes of at least 4 members (excludes halogenated alkanes) is 4. The lowest BCUT2D eigenvalue weighted by atomic mass is 10.1. The van der Waals surface area contributed by atoms with E-state index >= 15 is 0 Å². The molecular weight excluding hydrogens is 279 g/mol. The Bertz CT molecular complexity index is 165. The molecule has 0 aromatic carbocycles. The van der Waals surface area contributed by atoms with Crippen LogP contribution < -0.4 is 0 Å². The van der Waals surface area contributed by atoms with Crippen molar-refractivity contribution in [1.29, 1.82) is 0 Å². The van der Waals surface area contributed by atoms with E-state index < -0.39 is 5.97 Å². The molecule has 1 atom stereocenters. The maximum absolute atomic E-state index is 10.2. The van der Waals surface area contributed by atoms with E-state index in [9.17, 15) is 4.79 Å². The van der Waals surface area contributed by atoms with Crippen molar-refractivity contribution in [3.05, 3.63) is 0 Å². The van der Waals surface area contributed by atoms with Gasteiger partial charge in [-0.05, 0) is 19.3 Å². The Morgan fingerprint density at radius 2 is 1.73 bits per heavy atom. The van der Waals surface area contributed by atoms with Gasteiger partial charge in [0.25, 0.3) is 0 Å². The third-order valence-electron chi connectivity index (χ3n) is 2.33. The molecule has 0 saturated carbocycles. The minimum absolute atomic E-state index is 0.313. The van der Waals surface area contributed by atoms with E-state index in [-0.39, 0.29) is 0 Å². The fourth-order valence-electron chi connectivity index (χ4n) is 1.44. The summed E-state index contributed by atoms with van der Waals surface area (Å²) in [6, 6.07) is 0. The third kappa shape index (κ3) is 12.2. The van der Waals surface area contributed by atoms with E-state index in [1.165, 1.54) is 19.3 Å². The molecule has 0 heterocycles. The van der Waals surface area contributed by atoms with Crippen molar-refractivity contribution >= 4 is 33.5 Å². The maximum Gasteiger partial charge on any atom is 0.303 e. The molecule has 0 radical (unpaired) electrons. The predicted molar refractivity (Wildman–Crippen MR) is 68.0 cm³/mol. The van der Waals surface area contributed by atoms with Gasteiger partial charge in [0.2, 0.25) is 0 Å². The summed E-state index contributed by atoms with van der Waals surface area (Å²) < 4.78 is 0. The van der Waals surface area contributed by atoms with Crippen LogP contribution in [0.25, 0.3) is 0 Å². The second-order valence-corrected chi connectivity index (χ2v) is 5.45. The zero-order chi connectivity index (χ0) is 11.5. The van der Waals surface area contributed by atoms with Crippen LogP contribution in [0.2, 0.25) is 0 Å². The Balaban J connectivity index is 3.07. The van der Waals surface area contributed by atoms with E-state index in [1.54, 1.807) is 0 Å². The summed E-state index contributed by atoms with van der Waals surface area (Å²) in [5.41, 5.74) is 0. The van der Waals surface area contributed by atoms with Crippen LogP contribution in [-0.4, -0.2) is 21.8 Å². The summed E-state index contributed by atoms with van der Waals surface area (Å²) >= 11 is 9.20. The van der Waals surface area contributed by atoms with Gasteiger partial charge in [-0.25, -0.2) is 0 Å². The highest BCUT2D eigenvalue weighted by atomic mass is 79.9. The molecule has 0 fully saturated rings. The average molecular weight is 300 g/mol. The molecule has 15 heavy (non-hydrogen) atoms. The Morgan fingerprint density at radius 3 is 2.33 bits per heavy atom. The second kappa shape index (κ2) is 10.7. The van der Waals surface area contributed by atoms with Gasteiger partial charge in [-0.15, -0.1) is 11.6 Å². The number of hydrogen-bond donors (Lipinski definition) is 1. The number of rotatable bonds is 10. The number of hydrogen-bond acceptors (Lipinski definition) is 1. The summed E-state index contributed by atoms with van der Waals surface area (Å²) in [5, 5.41) is 8.43. The van der Waals surface area contributed by atoms with Gasteiger partial charge < -0.3 is 5.11 Å². The molecule has 0 rings (SSSR count). The van der Waals surface area contributed by atoms with Crippen molar-refractivity contribution in [2.24, 2.45) is 0 Å². The van der Waals surface area contributed by atoms with Crippen molar-refractivity contribution in [2.75, 3.05) is 5.88 Å². The van der Waals surface area contributed by atoms with Crippen molar-refractivity contribution in [2.45, 2.75) is 56.2 Å². The summed E-state index contributed by atoms with van der Waals surface area (Å²) in [5.74, 6) is 0.0340. The molecule has 0 aromatic heterocycles. The molecule has 90 valence electrons. The van der Waals surface area contributed by atoms with Crippen LogP contribution in [0, 0.1) is 0 Å². The first-order valence-corrected chi connectivity index (χ1v) is 7.03. The van der Waals surface area contributed by atoms with Crippen molar-refractivity contribution < 1.29 is 9.90 Å². The molecule has 0 aliphatic heterocycles. The Morgan fingerprint density at radius 1 is 1.13 bits per heavy atom. The van der Waals surface area contributed by atoms with E-state index in [1.807, 2.05) is 0 Å². The summed E-state index contributed by atoms with van der Waals surface area (Å²) in [7, 11) is 0. The van der Waals surface area contributed by atoms with Gasteiger partial charge >= 0.3 is 5.97 Å². The van der Waals surface area contributed by atoms with Crippen LogP contribution in [0.15, 0.2) is 0 Å². The van der Waals surface area contributed by atoms with Gasteiger partial charge in [0, 0.05) is 17.1 Å². The van der Waals surface area contributed by atoms with E-state index in [4.69, 9.17) is 16.7 Å². The van der Waals surface area contributed by atoms with E-state index in [0.717, 1.165) is 25.7 Å². The highest BCUT2D eigenvalue weighted by Crippen LogP contribution is 2.16. The van der Waals surface area contributed by atoms with Gasteiger partial charge in [0.15, 0.2) is 0 Å². The van der Waals surface area contributed by atoms with Crippen LogP contribution in [0.1, 0.15) is 51.4 Å². The summed E-state index contributed by atoms with van der Waals surface area (Å²) in [6.07, 6.45) is 7.92. The number of carboxylic acids is 1. The molecule has 0 saturated heterocycles. The fraction of sp³-hybridized carbons (Fsp3) is 0.909. The lowest BCUT2D eigenvalue weighted by Gasteiger charge is -2.06. The molecule has 1 unspecified atom stereocenters. The van der Waals surface area contributed by atoms with E-state index in [0.29, 0.717) is 17.1 Å². The number of carboxylic acid groups (broad SMARTS) is 1. The number of aliphatic carboxylic acids is 1. The molecule has 2 nitrogen and oxygen atoms in total. The largest absolute Gasteiger partial charge is 0.481 e. The maximum atomic E-state index is 10.2. The minimum Gasteiger partial charge on any atom is -0.481 e. The van der Waals surface area contributed by atoms with E-state index in [2.05, 4.69) is 15.9 Å². The van der Waals surface area contributed by atoms with Gasteiger partial charge in [-0.2, -0.15) is 0 Å². The number of alkyl halides is 2. The first kappa shape index (κ1) is 15.2. The Hall–Kier alpha value is 0.240. The SMILES string of the molecule is O=C(O)CCCCCCCC(Br)CCCl. The molecule has 0 aromatic rings. The summed E-state index contributed by atoms with van der Waals surface area (Å²) in [6.45, 7) is 0. The van der Waals surface area contributed by atoms with Crippen LogP contribution in [0.3, 0.4) is 0 Å². The average Bonchev–Trinajstić information content (AvgIpc) is 2.16. The monoisotopic (exact) mass is 298 g/mol. The van der Waals surface area contributed by atoms with Gasteiger partial charge in [-0.1, -0.05) is 41.6 Å². The standard InChI is InChI=1S/C11H20BrClO2/c12-10(8-9-13)6-4-2-1-3-5-7-11(14)15/h10H,1-9H2,(H,14,15). The first-order chi connectivity index (χ1) is 7.16. The Kier molecular flexibility index (Phi) is 10.9. The zero-order valence-electron chi connectivity index (χ0n) is 9.05. The van der Waals surface area contributed by atoms with Crippen LogP contribution in [0.5, 0.6) is 0 Å². The van der Waals surface area contributed by atoms with Gasteiger partial charge in [0.05, 0.1) is 0 Å². The molecule has 0 aliphatic rings. The lowest BCUT2D eigenvalue weighted by molar-refractivity contribution is -0.137.